The van der Waals surface area contributed by atoms with Gasteiger partial charge in [-0.15, -0.1) is 0 Å². The normalized spacial score (nSPS) is 28.6. The van der Waals surface area contributed by atoms with Gasteiger partial charge in [0.1, 0.15) is 0 Å². The lowest BCUT2D eigenvalue weighted by molar-refractivity contribution is -0.0485. The Morgan fingerprint density at radius 2 is 2.00 bits per heavy atom. The van der Waals surface area contributed by atoms with E-state index >= 15 is 0 Å². The Morgan fingerprint density at radius 3 is 2.63 bits per heavy atom. The van der Waals surface area contributed by atoms with Crippen LogP contribution in [-0.4, -0.2) is 38.0 Å². The van der Waals surface area contributed by atoms with E-state index in [0.29, 0.717) is 12.1 Å². The van der Waals surface area contributed by atoms with Crippen molar-refractivity contribution < 1.29 is 9.47 Å². The van der Waals surface area contributed by atoms with Gasteiger partial charge < -0.3 is 14.8 Å². The molecule has 3 heteroatoms. The fraction of sp³-hybridized carbons (Fsp3) is 1.00. The first-order valence-corrected chi connectivity index (χ1v) is 7.88. The van der Waals surface area contributed by atoms with E-state index < -0.39 is 0 Å². The van der Waals surface area contributed by atoms with Gasteiger partial charge in [-0.25, -0.2) is 0 Å². The Hall–Kier alpha value is -0.120. The van der Waals surface area contributed by atoms with Crippen LogP contribution in [0.25, 0.3) is 0 Å². The number of methoxy groups -OCH3 is 1. The van der Waals surface area contributed by atoms with Gasteiger partial charge in [-0.1, -0.05) is 13.8 Å². The largest absolute Gasteiger partial charge is 0.379 e. The molecule has 114 valence electrons. The molecule has 1 rings (SSSR count). The smallest absolute Gasteiger partial charge is 0.0730 e. The summed E-state index contributed by atoms with van der Waals surface area (Å²) in [6, 6.07) is 0.543. The van der Waals surface area contributed by atoms with Crippen LogP contribution in [0.4, 0.5) is 0 Å². The summed E-state index contributed by atoms with van der Waals surface area (Å²) in [5.41, 5.74) is -0.0768. The van der Waals surface area contributed by atoms with Crippen LogP contribution in [0.1, 0.15) is 59.8 Å². The standard InChI is InChI=1S/C16H33NO2/c1-6-10-17-14-8-7-13(2)12-15(14)19-11-9-16(3,4)18-5/h13-15,17H,6-12H2,1-5H3. The summed E-state index contributed by atoms with van der Waals surface area (Å²) in [6.07, 6.45) is 6.28. The molecule has 1 aliphatic carbocycles. The average molecular weight is 271 g/mol. The van der Waals surface area contributed by atoms with Crippen molar-refractivity contribution in [1.29, 1.82) is 0 Å². The predicted molar refractivity (Wildman–Crippen MR) is 80.5 cm³/mol. The maximum atomic E-state index is 6.16. The Kier molecular flexibility index (Phi) is 7.33. The van der Waals surface area contributed by atoms with Crippen LogP contribution in [0.3, 0.4) is 0 Å². The SMILES string of the molecule is CCCNC1CCC(C)CC1OCCC(C)(C)OC. The maximum absolute atomic E-state index is 6.16. The van der Waals surface area contributed by atoms with Crippen LogP contribution >= 0.6 is 0 Å². The number of nitrogens with one attached hydrogen (secondary N) is 1. The van der Waals surface area contributed by atoms with Crippen molar-refractivity contribution in [3.8, 4) is 0 Å². The maximum Gasteiger partial charge on any atom is 0.0730 e. The first-order chi connectivity index (χ1) is 8.98. The summed E-state index contributed by atoms with van der Waals surface area (Å²) in [5, 5.41) is 3.65. The quantitative estimate of drug-likeness (QED) is 0.734. The second-order valence-electron chi connectivity index (χ2n) is 6.60. The van der Waals surface area contributed by atoms with Crippen molar-refractivity contribution in [3.63, 3.8) is 0 Å². The van der Waals surface area contributed by atoms with Crippen LogP contribution in [0, 0.1) is 5.92 Å². The van der Waals surface area contributed by atoms with Crippen LogP contribution in [0.5, 0.6) is 0 Å². The van der Waals surface area contributed by atoms with Gasteiger partial charge in [-0.3, -0.25) is 0 Å². The van der Waals surface area contributed by atoms with Crippen molar-refractivity contribution in [2.75, 3.05) is 20.3 Å². The molecule has 0 radical (unpaired) electrons. The van der Waals surface area contributed by atoms with E-state index in [0.717, 1.165) is 25.5 Å². The highest BCUT2D eigenvalue weighted by molar-refractivity contribution is 4.84. The van der Waals surface area contributed by atoms with Gasteiger partial charge in [-0.2, -0.15) is 0 Å². The van der Waals surface area contributed by atoms with Crippen molar-refractivity contribution in [2.24, 2.45) is 5.92 Å². The van der Waals surface area contributed by atoms with Crippen molar-refractivity contribution in [2.45, 2.75) is 77.5 Å². The van der Waals surface area contributed by atoms with Crippen molar-refractivity contribution >= 4 is 0 Å². The zero-order valence-electron chi connectivity index (χ0n) is 13.5. The summed E-state index contributed by atoms with van der Waals surface area (Å²) in [4.78, 5) is 0. The molecule has 0 aromatic carbocycles. The first kappa shape index (κ1) is 16.9. The zero-order chi connectivity index (χ0) is 14.3. The van der Waals surface area contributed by atoms with Crippen molar-refractivity contribution in [3.05, 3.63) is 0 Å². The van der Waals surface area contributed by atoms with E-state index in [4.69, 9.17) is 9.47 Å². The Balaban J connectivity index is 2.37. The third-order valence-electron chi connectivity index (χ3n) is 4.30. The van der Waals surface area contributed by atoms with Gasteiger partial charge in [0.15, 0.2) is 0 Å². The molecule has 3 nitrogen and oxygen atoms in total. The number of rotatable bonds is 8. The zero-order valence-corrected chi connectivity index (χ0v) is 13.5. The molecule has 1 saturated carbocycles. The number of hydrogen-bond acceptors (Lipinski definition) is 3. The van der Waals surface area contributed by atoms with E-state index in [2.05, 4.69) is 33.0 Å². The molecule has 1 N–H and O–H groups in total. The van der Waals surface area contributed by atoms with Crippen molar-refractivity contribution in [1.82, 2.24) is 5.32 Å². The monoisotopic (exact) mass is 271 g/mol. The number of hydrogen-bond donors (Lipinski definition) is 1. The third-order valence-corrected chi connectivity index (χ3v) is 4.30. The van der Waals surface area contributed by atoms with E-state index in [9.17, 15) is 0 Å². The highest BCUT2D eigenvalue weighted by Gasteiger charge is 2.29. The summed E-state index contributed by atoms with van der Waals surface area (Å²) >= 11 is 0. The fourth-order valence-electron chi connectivity index (χ4n) is 2.63. The second-order valence-corrected chi connectivity index (χ2v) is 6.60. The first-order valence-electron chi connectivity index (χ1n) is 7.88. The Bertz CT molecular complexity index is 241. The molecule has 0 bridgehead atoms. The molecule has 1 fully saturated rings. The minimum Gasteiger partial charge on any atom is -0.379 e. The molecule has 3 atom stereocenters. The highest BCUT2D eigenvalue weighted by Crippen LogP contribution is 2.27. The molecular weight excluding hydrogens is 238 g/mol. The summed E-state index contributed by atoms with van der Waals surface area (Å²) in [5.74, 6) is 0.792. The molecule has 0 heterocycles. The molecule has 0 amide bonds. The summed E-state index contributed by atoms with van der Waals surface area (Å²) in [6.45, 7) is 10.7. The lowest BCUT2D eigenvalue weighted by Crippen LogP contribution is -2.46. The molecule has 3 unspecified atom stereocenters. The molecule has 0 spiro atoms. The predicted octanol–water partition coefficient (Wildman–Crippen LogP) is 3.37. The summed E-state index contributed by atoms with van der Waals surface area (Å²) < 4.78 is 11.6. The molecule has 1 aliphatic rings. The van der Waals surface area contributed by atoms with Gasteiger partial charge >= 0.3 is 0 Å². The van der Waals surface area contributed by atoms with Crippen LogP contribution < -0.4 is 5.32 Å². The van der Waals surface area contributed by atoms with Gasteiger partial charge in [0.2, 0.25) is 0 Å². The molecule has 0 saturated heterocycles. The second kappa shape index (κ2) is 8.23. The van der Waals surface area contributed by atoms with Gasteiger partial charge in [-0.05, 0) is 58.4 Å². The molecule has 0 aliphatic heterocycles. The molecule has 0 aromatic rings. The molecule has 0 aromatic heterocycles. The highest BCUT2D eigenvalue weighted by atomic mass is 16.5. The average Bonchev–Trinajstić information content (AvgIpc) is 2.38. The Morgan fingerprint density at radius 1 is 1.26 bits per heavy atom. The topological polar surface area (TPSA) is 30.5 Å². The lowest BCUT2D eigenvalue weighted by Gasteiger charge is -2.36. The van der Waals surface area contributed by atoms with Crippen LogP contribution in [0.15, 0.2) is 0 Å². The molecular formula is C16H33NO2. The van der Waals surface area contributed by atoms with Gasteiger partial charge in [0.05, 0.1) is 11.7 Å². The van der Waals surface area contributed by atoms with Gasteiger partial charge in [0, 0.05) is 19.8 Å². The van der Waals surface area contributed by atoms with E-state index in [1.165, 1.54) is 25.7 Å². The number of ether oxygens (including phenoxy) is 2. The van der Waals surface area contributed by atoms with E-state index in [-0.39, 0.29) is 5.60 Å². The fourth-order valence-corrected chi connectivity index (χ4v) is 2.63. The van der Waals surface area contributed by atoms with E-state index in [1.807, 2.05) is 0 Å². The minimum absolute atomic E-state index is 0.0768. The Labute approximate surface area is 119 Å². The third kappa shape index (κ3) is 6.24. The lowest BCUT2D eigenvalue weighted by atomic mass is 9.85. The minimum atomic E-state index is -0.0768. The summed E-state index contributed by atoms with van der Waals surface area (Å²) in [7, 11) is 1.77. The van der Waals surface area contributed by atoms with Crippen LogP contribution in [0.2, 0.25) is 0 Å². The van der Waals surface area contributed by atoms with Gasteiger partial charge in [0.25, 0.3) is 0 Å². The van der Waals surface area contributed by atoms with E-state index in [1.54, 1.807) is 7.11 Å². The molecule has 19 heavy (non-hydrogen) atoms. The van der Waals surface area contributed by atoms with Crippen LogP contribution in [-0.2, 0) is 9.47 Å².